The largest absolute Gasteiger partial charge is 0.487 e. The van der Waals surface area contributed by atoms with E-state index in [0.717, 1.165) is 19.3 Å². The van der Waals surface area contributed by atoms with Gasteiger partial charge in [-0.2, -0.15) is 0 Å². The fourth-order valence-corrected chi connectivity index (χ4v) is 4.91. The summed E-state index contributed by atoms with van der Waals surface area (Å²) < 4.78 is 38.7. The fourth-order valence-electron chi connectivity index (χ4n) is 4.39. The molecular formula is C24H28F2NO4P. The number of nitrogens with zero attached hydrogens (tertiary/aromatic N) is 1. The van der Waals surface area contributed by atoms with Crippen LogP contribution in [0.3, 0.4) is 0 Å². The van der Waals surface area contributed by atoms with Crippen LogP contribution >= 0.6 is 8.20 Å². The Morgan fingerprint density at radius 3 is 1.81 bits per heavy atom. The minimum Gasteiger partial charge on any atom is -0.487 e. The van der Waals surface area contributed by atoms with Gasteiger partial charge in [0.2, 0.25) is 0 Å². The number of aliphatic hydroxyl groups excluding tert-OH is 2. The van der Waals surface area contributed by atoms with E-state index in [2.05, 4.69) is 6.30 Å². The quantitative estimate of drug-likeness (QED) is 0.588. The second-order valence-electron chi connectivity index (χ2n) is 8.43. The van der Waals surface area contributed by atoms with Crippen LogP contribution in [0, 0.1) is 11.6 Å². The molecule has 172 valence electrons. The Hall–Kier alpha value is -2.05. The molecule has 8 heteroatoms. The van der Waals surface area contributed by atoms with E-state index in [1.54, 1.807) is 12.1 Å². The topological polar surface area (TPSA) is 62.2 Å². The third-order valence-corrected chi connectivity index (χ3v) is 6.65. The van der Waals surface area contributed by atoms with Crippen LogP contribution in [0.2, 0.25) is 0 Å². The zero-order valence-corrected chi connectivity index (χ0v) is 18.7. The Bertz CT molecular complexity index is 888. The third-order valence-electron chi connectivity index (χ3n) is 6.05. The highest BCUT2D eigenvalue weighted by atomic mass is 31.1. The molecule has 32 heavy (non-hydrogen) atoms. The molecule has 2 heterocycles. The van der Waals surface area contributed by atoms with E-state index in [0.29, 0.717) is 56.6 Å². The zero-order chi connectivity index (χ0) is 22.7. The van der Waals surface area contributed by atoms with Gasteiger partial charge in [-0.25, -0.2) is 8.78 Å². The predicted molar refractivity (Wildman–Crippen MR) is 121 cm³/mol. The van der Waals surface area contributed by atoms with Crippen LogP contribution in [-0.2, 0) is 12.8 Å². The first-order valence-electron chi connectivity index (χ1n) is 10.8. The lowest BCUT2D eigenvalue weighted by molar-refractivity contribution is -0.0228. The van der Waals surface area contributed by atoms with Crippen LogP contribution in [0.1, 0.15) is 24.0 Å². The Morgan fingerprint density at radius 2 is 1.38 bits per heavy atom. The first-order chi connectivity index (χ1) is 15.4. The van der Waals surface area contributed by atoms with Gasteiger partial charge in [0.05, 0.1) is 0 Å². The molecule has 0 fully saturated rings. The minimum atomic E-state index is -0.766. The number of halogens is 2. The van der Waals surface area contributed by atoms with Gasteiger partial charge in [-0.3, -0.25) is 4.90 Å². The van der Waals surface area contributed by atoms with E-state index >= 15 is 0 Å². The second-order valence-corrected chi connectivity index (χ2v) is 9.16. The van der Waals surface area contributed by atoms with Gasteiger partial charge >= 0.3 is 0 Å². The number of rotatable bonds is 8. The summed E-state index contributed by atoms with van der Waals surface area (Å²) in [6.07, 6.45) is 4.59. The SMILES string of the molecule is C=PCN(CC(O)C1CCc2cc(F)ccc2O1)CC(O)C1CCc2cc(F)ccc2O1. The number of aryl methyl sites for hydroxylation is 2. The van der Waals surface area contributed by atoms with Crippen molar-refractivity contribution in [1.29, 1.82) is 0 Å². The Kier molecular flexibility index (Phi) is 7.41. The molecule has 0 saturated heterocycles. The molecule has 2 N–H and O–H groups in total. The third kappa shape index (κ3) is 5.46. The molecular weight excluding hydrogens is 435 g/mol. The van der Waals surface area contributed by atoms with Gasteiger partial charge in [-0.05, 0) is 73.2 Å². The molecule has 2 aliphatic rings. The maximum absolute atomic E-state index is 13.4. The van der Waals surface area contributed by atoms with Crippen molar-refractivity contribution in [3.8, 4) is 11.5 Å². The monoisotopic (exact) mass is 463 g/mol. The summed E-state index contributed by atoms with van der Waals surface area (Å²) in [6.45, 7) is 0.630. The van der Waals surface area contributed by atoms with Crippen molar-refractivity contribution >= 4 is 14.5 Å². The van der Waals surface area contributed by atoms with E-state index in [-0.39, 0.29) is 11.6 Å². The van der Waals surface area contributed by atoms with Gasteiger partial charge in [-0.1, -0.05) is 14.5 Å². The Morgan fingerprint density at radius 1 is 0.906 bits per heavy atom. The molecule has 4 unspecified atom stereocenters. The lowest BCUT2D eigenvalue weighted by Crippen LogP contribution is -2.48. The summed E-state index contributed by atoms with van der Waals surface area (Å²) >= 11 is 0. The average molecular weight is 463 g/mol. The summed E-state index contributed by atoms with van der Waals surface area (Å²) in [5.41, 5.74) is 1.62. The maximum atomic E-state index is 13.4. The first-order valence-corrected chi connectivity index (χ1v) is 12.1. The Labute approximate surface area is 188 Å². The molecule has 5 nitrogen and oxygen atoms in total. The molecule has 4 rings (SSSR count). The van der Waals surface area contributed by atoms with Crippen molar-refractivity contribution in [1.82, 2.24) is 4.90 Å². The fraction of sp³-hybridized carbons (Fsp3) is 0.458. The highest BCUT2D eigenvalue weighted by molar-refractivity contribution is 7.36. The lowest BCUT2D eigenvalue weighted by atomic mass is 9.98. The van der Waals surface area contributed by atoms with Crippen molar-refractivity contribution in [3.63, 3.8) is 0 Å². The minimum absolute atomic E-state index is 0.293. The van der Waals surface area contributed by atoms with Crippen molar-refractivity contribution < 1.29 is 28.5 Å². The smallest absolute Gasteiger partial charge is 0.126 e. The number of aliphatic hydroxyl groups is 2. The molecule has 2 aromatic carbocycles. The predicted octanol–water partition coefficient (Wildman–Crippen LogP) is 3.41. The van der Waals surface area contributed by atoms with Gasteiger partial charge < -0.3 is 19.7 Å². The highest BCUT2D eigenvalue weighted by Gasteiger charge is 2.31. The normalized spacial score (nSPS) is 21.9. The molecule has 2 aliphatic heterocycles. The standard InChI is InChI=1S/C24H28F2NO4P/c1-32-14-27(12-19(28)23-6-2-15-10-17(25)4-8-21(15)30-23)13-20(29)24-7-3-16-11-18(26)5-9-22(16)31-24/h4-5,8-11,19-20,23-24,28-29H,1-3,6-7,12-14H2. The molecule has 0 radical (unpaired) electrons. The van der Waals surface area contributed by atoms with Crippen LogP contribution in [0.4, 0.5) is 8.78 Å². The average Bonchev–Trinajstić information content (AvgIpc) is 2.78. The van der Waals surface area contributed by atoms with Crippen LogP contribution in [0.15, 0.2) is 36.4 Å². The van der Waals surface area contributed by atoms with Crippen molar-refractivity contribution in [2.45, 2.75) is 50.1 Å². The van der Waals surface area contributed by atoms with E-state index < -0.39 is 24.4 Å². The number of fused-ring (bicyclic) bond motifs is 2. The summed E-state index contributed by atoms with van der Waals surface area (Å²) in [6, 6.07) is 8.86. The van der Waals surface area contributed by atoms with E-state index in [9.17, 15) is 19.0 Å². The molecule has 0 aliphatic carbocycles. The summed E-state index contributed by atoms with van der Waals surface area (Å²) in [4.78, 5) is 1.96. The Balaban J connectivity index is 1.34. The highest BCUT2D eigenvalue weighted by Crippen LogP contribution is 2.31. The molecule has 0 saturated carbocycles. The maximum Gasteiger partial charge on any atom is 0.126 e. The van der Waals surface area contributed by atoms with Crippen LogP contribution in [-0.4, -0.2) is 65.2 Å². The van der Waals surface area contributed by atoms with Crippen molar-refractivity contribution in [3.05, 3.63) is 59.2 Å². The number of ether oxygens (including phenoxy) is 2. The second kappa shape index (κ2) is 10.3. The van der Waals surface area contributed by atoms with E-state index in [1.807, 2.05) is 4.90 Å². The number of hydrogen-bond acceptors (Lipinski definition) is 5. The van der Waals surface area contributed by atoms with Gasteiger partial charge in [0.15, 0.2) is 0 Å². The number of benzene rings is 2. The number of hydrogen-bond donors (Lipinski definition) is 2. The van der Waals surface area contributed by atoms with E-state index in [1.165, 1.54) is 24.3 Å². The molecule has 4 atom stereocenters. The summed E-state index contributed by atoms with van der Waals surface area (Å²) in [5.74, 6) is 0.626. The van der Waals surface area contributed by atoms with Gasteiger partial charge in [0.1, 0.15) is 47.5 Å². The molecule has 0 amide bonds. The first kappa shape index (κ1) is 23.1. The van der Waals surface area contributed by atoms with Crippen LogP contribution in [0.5, 0.6) is 11.5 Å². The molecule has 2 aromatic rings. The van der Waals surface area contributed by atoms with Gasteiger partial charge in [0, 0.05) is 19.4 Å². The van der Waals surface area contributed by atoms with E-state index in [4.69, 9.17) is 9.47 Å². The van der Waals surface area contributed by atoms with Gasteiger partial charge in [-0.15, -0.1) is 0 Å². The van der Waals surface area contributed by atoms with Gasteiger partial charge in [0.25, 0.3) is 0 Å². The molecule has 0 spiro atoms. The summed E-state index contributed by atoms with van der Waals surface area (Å²) in [7, 11) is 0.869. The van der Waals surface area contributed by atoms with Crippen molar-refractivity contribution in [2.75, 3.05) is 19.4 Å². The lowest BCUT2D eigenvalue weighted by Gasteiger charge is -2.35. The van der Waals surface area contributed by atoms with Crippen molar-refractivity contribution in [2.24, 2.45) is 0 Å². The zero-order valence-electron chi connectivity index (χ0n) is 17.8. The van der Waals surface area contributed by atoms with Crippen LogP contribution in [0.25, 0.3) is 0 Å². The van der Waals surface area contributed by atoms with Crippen LogP contribution < -0.4 is 9.47 Å². The molecule has 0 aromatic heterocycles. The summed E-state index contributed by atoms with van der Waals surface area (Å²) in [5, 5.41) is 21.6. The molecule has 0 bridgehead atoms.